The van der Waals surface area contributed by atoms with Crippen molar-refractivity contribution < 1.29 is 24.2 Å². The number of aliphatic hydroxyl groups is 1. The molecule has 0 rings (SSSR count). The van der Waals surface area contributed by atoms with Crippen molar-refractivity contribution in [3.05, 3.63) is 60.8 Å². The van der Waals surface area contributed by atoms with E-state index in [0.717, 1.165) is 57.8 Å². The number of unbranched alkanes of at least 4 members (excludes halogenated alkanes) is 13. The molecule has 0 spiro atoms. The first-order valence-electron chi connectivity index (χ1n) is 17.8. The van der Waals surface area contributed by atoms with Crippen molar-refractivity contribution >= 4 is 11.9 Å². The smallest absolute Gasteiger partial charge is 0.306 e. The Labute approximate surface area is 271 Å². The topological polar surface area (TPSA) is 72.8 Å². The van der Waals surface area contributed by atoms with E-state index in [4.69, 9.17) is 9.47 Å². The third-order valence-electron chi connectivity index (χ3n) is 7.33. The van der Waals surface area contributed by atoms with Gasteiger partial charge in [0.25, 0.3) is 0 Å². The molecule has 5 nitrogen and oxygen atoms in total. The maximum absolute atomic E-state index is 12.1. The summed E-state index contributed by atoms with van der Waals surface area (Å²) in [6.45, 7) is 3.96. The molecule has 1 N–H and O–H groups in total. The summed E-state index contributed by atoms with van der Waals surface area (Å²) >= 11 is 0. The van der Waals surface area contributed by atoms with Crippen LogP contribution < -0.4 is 0 Å². The molecule has 252 valence electrons. The first-order chi connectivity index (χ1) is 21.6. The van der Waals surface area contributed by atoms with E-state index in [1.807, 2.05) is 0 Å². The highest BCUT2D eigenvalue weighted by atomic mass is 16.6. The lowest BCUT2D eigenvalue weighted by Gasteiger charge is -2.15. The van der Waals surface area contributed by atoms with Gasteiger partial charge in [0.2, 0.25) is 0 Å². The van der Waals surface area contributed by atoms with Crippen molar-refractivity contribution in [2.75, 3.05) is 13.2 Å². The minimum atomic E-state index is -0.799. The molecule has 0 aromatic rings. The summed E-state index contributed by atoms with van der Waals surface area (Å²) in [5, 5.41) is 9.51. The third-order valence-corrected chi connectivity index (χ3v) is 7.33. The van der Waals surface area contributed by atoms with Crippen molar-refractivity contribution in [3.63, 3.8) is 0 Å². The second kappa shape index (κ2) is 35.1. The van der Waals surface area contributed by atoms with Crippen LogP contribution in [-0.4, -0.2) is 36.4 Å². The van der Waals surface area contributed by atoms with Crippen molar-refractivity contribution in [2.45, 2.75) is 161 Å². The van der Waals surface area contributed by atoms with Crippen LogP contribution in [0.25, 0.3) is 0 Å². The Kier molecular flexibility index (Phi) is 33.2. The maximum atomic E-state index is 12.1. The number of hydrogen-bond donors (Lipinski definition) is 1. The predicted octanol–water partition coefficient (Wildman–Crippen LogP) is 10.8. The van der Waals surface area contributed by atoms with Crippen LogP contribution in [0.2, 0.25) is 0 Å². The molecule has 0 bridgehead atoms. The zero-order valence-electron chi connectivity index (χ0n) is 28.4. The fraction of sp³-hybridized carbons (Fsp3) is 0.692. The van der Waals surface area contributed by atoms with Gasteiger partial charge in [-0.25, -0.2) is 0 Å². The predicted molar refractivity (Wildman–Crippen MR) is 187 cm³/mol. The zero-order valence-corrected chi connectivity index (χ0v) is 28.4. The Hall–Kier alpha value is -2.40. The lowest BCUT2D eigenvalue weighted by atomic mass is 10.0. The molecule has 0 aliphatic heterocycles. The van der Waals surface area contributed by atoms with Crippen LogP contribution >= 0.6 is 0 Å². The average Bonchev–Trinajstić information content (AvgIpc) is 3.02. The third kappa shape index (κ3) is 32.5. The van der Waals surface area contributed by atoms with Crippen LogP contribution in [0, 0.1) is 0 Å². The van der Waals surface area contributed by atoms with E-state index < -0.39 is 6.10 Å². The maximum Gasteiger partial charge on any atom is 0.306 e. The molecule has 1 atom stereocenters. The second-order valence-electron chi connectivity index (χ2n) is 11.6. The minimum absolute atomic E-state index is 0.0890. The molecule has 0 amide bonds. The fourth-order valence-corrected chi connectivity index (χ4v) is 4.65. The van der Waals surface area contributed by atoms with E-state index in [9.17, 15) is 14.7 Å². The number of hydrogen-bond acceptors (Lipinski definition) is 5. The standard InChI is InChI=1S/C39H66O5/c1-3-5-7-9-11-13-15-17-18-19-20-22-24-26-28-30-32-34-39(42)44-37(35-40)36-43-38(41)33-31-29-27-25-23-21-16-14-12-10-8-6-4-2/h5,7,11,13,17-18,20,22,26,28,37,40H,3-4,6,8-10,12,14-16,19,21,23-25,27,29-36H2,1-2H3/b7-5-,13-11-,18-17-,22-20-,28-26-/t37-/m0/s1. The Morgan fingerprint density at radius 2 is 0.977 bits per heavy atom. The van der Waals surface area contributed by atoms with Crippen molar-refractivity contribution in [3.8, 4) is 0 Å². The molecule has 44 heavy (non-hydrogen) atoms. The number of aliphatic hydroxyl groups excluding tert-OH is 1. The van der Waals surface area contributed by atoms with Gasteiger partial charge in [0.15, 0.2) is 6.10 Å². The van der Waals surface area contributed by atoms with E-state index in [2.05, 4.69) is 74.6 Å². The summed E-state index contributed by atoms with van der Waals surface area (Å²) in [6, 6.07) is 0. The van der Waals surface area contributed by atoms with Gasteiger partial charge < -0.3 is 14.6 Å². The number of allylic oxidation sites excluding steroid dienone is 10. The highest BCUT2D eigenvalue weighted by molar-refractivity contribution is 5.70. The van der Waals surface area contributed by atoms with Crippen molar-refractivity contribution in [2.24, 2.45) is 0 Å². The van der Waals surface area contributed by atoms with Crippen LogP contribution in [0.1, 0.15) is 155 Å². The van der Waals surface area contributed by atoms with Gasteiger partial charge in [0, 0.05) is 12.8 Å². The molecule has 0 saturated carbocycles. The molecule has 5 heteroatoms. The van der Waals surface area contributed by atoms with Crippen LogP contribution in [-0.2, 0) is 19.1 Å². The van der Waals surface area contributed by atoms with Gasteiger partial charge >= 0.3 is 11.9 Å². The second-order valence-corrected chi connectivity index (χ2v) is 11.6. The summed E-state index contributed by atoms with van der Waals surface area (Å²) in [4.78, 5) is 24.1. The Morgan fingerprint density at radius 1 is 0.545 bits per heavy atom. The van der Waals surface area contributed by atoms with Gasteiger partial charge in [-0.3, -0.25) is 9.59 Å². The number of carbonyl (C=O) groups is 2. The number of ether oxygens (including phenoxy) is 2. The van der Waals surface area contributed by atoms with Crippen LogP contribution in [0.5, 0.6) is 0 Å². The molecule has 0 heterocycles. The summed E-state index contributed by atoms with van der Waals surface area (Å²) < 4.78 is 10.5. The highest BCUT2D eigenvalue weighted by Gasteiger charge is 2.15. The van der Waals surface area contributed by atoms with Gasteiger partial charge in [0.1, 0.15) is 6.61 Å². The summed E-state index contributed by atoms with van der Waals surface area (Å²) in [5.74, 6) is -0.662. The summed E-state index contributed by atoms with van der Waals surface area (Å²) in [5.41, 5.74) is 0. The summed E-state index contributed by atoms with van der Waals surface area (Å²) in [7, 11) is 0. The minimum Gasteiger partial charge on any atom is -0.462 e. The molecule has 0 radical (unpaired) electrons. The molecule has 0 saturated heterocycles. The van der Waals surface area contributed by atoms with Gasteiger partial charge in [-0.15, -0.1) is 0 Å². The lowest BCUT2D eigenvalue weighted by Crippen LogP contribution is -2.28. The zero-order chi connectivity index (χ0) is 32.2. The molecule has 0 aliphatic rings. The Balaban J connectivity index is 3.70. The number of esters is 2. The average molecular weight is 615 g/mol. The first kappa shape index (κ1) is 41.6. The van der Waals surface area contributed by atoms with Crippen LogP contribution in [0.4, 0.5) is 0 Å². The van der Waals surface area contributed by atoms with Crippen molar-refractivity contribution in [1.29, 1.82) is 0 Å². The lowest BCUT2D eigenvalue weighted by molar-refractivity contribution is -0.161. The van der Waals surface area contributed by atoms with Crippen LogP contribution in [0.15, 0.2) is 60.8 Å². The molecular weight excluding hydrogens is 548 g/mol. The SMILES string of the molecule is CC/C=C\C/C=C\C/C=C\C/C=C\C/C=C\CCCC(=O)O[C@@H](CO)COC(=O)CCCCCCCCCCCCCCC. The molecule has 0 fully saturated rings. The largest absolute Gasteiger partial charge is 0.462 e. The molecule has 0 aromatic carbocycles. The molecule has 0 unspecified atom stereocenters. The van der Waals surface area contributed by atoms with E-state index in [1.54, 1.807) is 0 Å². The van der Waals surface area contributed by atoms with Gasteiger partial charge in [-0.2, -0.15) is 0 Å². The number of carbonyl (C=O) groups excluding carboxylic acids is 2. The van der Waals surface area contributed by atoms with Gasteiger partial charge in [0.05, 0.1) is 6.61 Å². The molecule has 0 aromatic heterocycles. The number of rotatable bonds is 31. The normalized spacial score (nSPS) is 12.9. The Bertz CT molecular complexity index is 792. The van der Waals surface area contributed by atoms with Crippen molar-refractivity contribution in [1.82, 2.24) is 0 Å². The molecule has 0 aliphatic carbocycles. The van der Waals surface area contributed by atoms with Crippen LogP contribution in [0.3, 0.4) is 0 Å². The van der Waals surface area contributed by atoms with E-state index >= 15 is 0 Å². The Morgan fingerprint density at radius 3 is 1.45 bits per heavy atom. The van der Waals surface area contributed by atoms with E-state index in [1.165, 1.54) is 64.2 Å². The van der Waals surface area contributed by atoms with E-state index in [-0.39, 0.29) is 31.6 Å². The fourth-order valence-electron chi connectivity index (χ4n) is 4.65. The van der Waals surface area contributed by atoms with Gasteiger partial charge in [-0.1, -0.05) is 152 Å². The monoisotopic (exact) mass is 614 g/mol. The summed E-state index contributed by atoms with van der Waals surface area (Å²) in [6.07, 6.45) is 44.2. The highest BCUT2D eigenvalue weighted by Crippen LogP contribution is 2.13. The molecular formula is C39H66O5. The quantitative estimate of drug-likeness (QED) is 0.0478. The first-order valence-corrected chi connectivity index (χ1v) is 17.8. The van der Waals surface area contributed by atoms with E-state index in [0.29, 0.717) is 12.8 Å². The van der Waals surface area contributed by atoms with Gasteiger partial charge in [-0.05, 0) is 51.4 Å².